The molecule has 3 heterocycles. The number of aromatic nitrogens is 3. The fourth-order valence-electron chi connectivity index (χ4n) is 2.53. The third-order valence-corrected chi connectivity index (χ3v) is 4.56. The smallest absolute Gasteiger partial charge is 0.293 e. The van der Waals surface area contributed by atoms with Crippen LogP contribution in [0.5, 0.6) is 0 Å². The number of furan rings is 1. The normalized spacial score (nSPS) is 10.6. The zero-order chi connectivity index (χ0) is 19.3. The Morgan fingerprint density at radius 1 is 1.14 bits per heavy atom. The molecule has 0 unspecified atom stereocenters. The zero-order valence-corrected chi connectivity index (χ0v) is 15.3. The fourth-order valence-corrected chi connectivity index (χ4v) is 3.23. The molecule has 9 heteroatoms. The highest BCUT2D eigenvalue weighted by Gasteiger charge is 2.13. The van der Waals surface area contributed by atoms with Crippen molar-refractivity contribution in [2.45, 2.75) is 6.42 Å². The molecule has 28 heavy (non-hydrogen) atoms. The van der Waals surface area contributed by atoms with E-state index in [0.717, 1.165) is 5.69 Å². The van der Waals surface area contributed by atoms with Gasteiger partial charge < -0.3 is 9.73 Å². The van der Waals surface area contributed by atoms with Crippen LogP contribution < -0.4 is 10.6 Å². The number of benzene rings is 1. The zero-order valence-electron chi connectivity index (χ0n) is 14.5. The van der Waals surface area contributed by atoms with E-state index in [0.29, 0.717) is 16.5 Å². The third kappa shape index (κ3) is 4.15. The molecule has 3 aromatic heterocycles. The molecule has 0 spiro atoms. The van der Waals surface area contributed by atoms with E-state index in [4.69, 9.17) is 4.42 Å². The second-order valence-electron chi connectivity index (χ2n) is 5.80. The number of amides is 2. The number of carbonyl (C=O) groups is 2. The van der Waals surface area contributed by atoms with E-state index in [1.807, 2.05) is 30.5 Å². The summed E-state index contributed by atoms with van der Waals surface area (Å²) in [5.74, 6) is -0.385. The van der Waals surface area contributed by atoms with Crippen LogP contribution in [0.2, 0.25) is 0 Å². The van der Waals surface area contributed by atoms with Crippen molar-refractivity contribution in [3.8, 4) is 5.69 Å². The number of anilines is 2. The molecular weight excluding hydrogens is 378 g/mol. The molecule has 4 rings (SSSR count). The summed E-state index contributed by atoms with van der Waals surface area (Å²) in [4.78, 5) is 28.5. The highest BCUT2D eigenvalue weighted by atomic mass is 32.1. The molecule has 0 aliphatic rings. The third-order valence-electron chi connectivity index (χ3n) is 3.76. The molecule has 0 fully saturated rings. The molecule has 0 aliphatic carbocycles. The number of carbonyl (C=O) groups excluding carboxylic acids is 2. The van der Waals surface area contributed by atoms with Gasteiger partial charge in [0, 0.05) is 23.5 Å². The van der Waals surface area contributed by atoms with Crippen molar-refractivity contribution in [3.05, 3.63) is 78.0 Å². The summed E-state index contributed by atoms with van der Waals surface area (Å²) in [5.41, 5.74) is 2.08. The molecule has 140 valence electrons. The summed E-state index contributed by atoms with van der Waals surface area (Å²) in [6.07, 6.45) is 5.04. The Morgan fingerprint density at radius 3 is 2.86 bits per heavy atom. The lowest BCUT2D eigenvalue weighted by Crippen LogP contribution is -2.15. The van der Waals surface area contributed by atoms with Gasteiger partial charge in [0.05, 0.1) is 24.1 Å². The number of hydrogen-bond donors (Lipinski definition) is 2. The maximum atomic E-state index is 12.3. The van der Waals surface area contributed by atoms with Gasteiger partial charge in [0.25, 0.3) is 5.91 Å². The minimum absolute atomic E-state index is 0.0963. The van der Waals surface area contributed by atoms with Crippen LogP contribution in [0, 0.1) is 0 Å². The monoisotopic (exact) mass is 393 g/mol. The van der Waals surface area contributed by atoms with Crippen molar-refractivity contribution in [2.24, 2.45) is 0 Å². The number of thiazole rings is 1. The van der Waals surface area contributed by atoms with Crippen LogP contribution in [0.1, 0.15) is 16.2 Å². The average Bonchev–Trinajstić information content (AvgIpc) is 3.45. The van der Waals surface area contributed by atoms with Gasteiger partial charge >= 0.3 is 0 Å². The van der Waals surface area contributed by atoms with Crippen LogP contribution in [0.4, 0.5) is 10.8 Å². The number of rotatable bonds is 6. The van der Waals surface area contributed by atoms with Crippen molar-refractivity contribution in [3.63, 3.8) is 0 Å². The molecule has 8 nitrogen and oxygen atoms in total. The van der Waals surface area contributed by atoms with Crippen molar-refractivity contribution >= 4 is 34.0 Å². The van der Waals surface area contributed by atoms with Gasteiger partial charge in [0.15, 0.2) is 10.9 Å². The average molecular weight is 393 g/mol. The van der Waals surface area contributed by atoms with Gasteiger partial charge in [-0.05, 0) is 36.4 Å². The van der Waals surface area contributed by atoms with Crippen LogP contribution >= 0.6 is 11.3 Å². The summed E-state index contributed by atoms with van der Waals surface area (Å²) < 4.78 is 6.75. The molecule has 0 atom stereocenters. The van der Waals surface area contributed by atoms with E-state index in [9.17, 15) is 9.59 Å². The van der Waals surface area contributed by atoms with Crippen molar-refractivity contribution in [1.29, 1.82) is 0 Å². The van der Waals surface area contributed by atoms with Crippen LogP contribution in [0.25, 0.3) is 5.69 Å². The SMILES string of the molecule is O=C(Cc1csc(NC(=O)c2ccco2)n1)Nc1cccc(-n2cccn2)c1. The maximum absolute atomic E-state index is 12.3. The first-order chi connectivity index (χ1) is 13.7. The first-order valence-electron chi connectivity index (χ1n) is 8.36. The lowest BCUT2D eigenvalue weighted by Gasteiger charge is -2.07. The molecule has 4 aromatic rings. The fraction of sp³-hybridized carbons (Fsp3) is 0.0526. The van der Waals surface area contributed by atoms with E-state index in [1.165, 1.54) is 17.6 Å². The van der Waals surface area contributed by atoms with Crippen LogP contribution in [0.15, 0.2) is 70.9 Å². The summed E-state index contributed by atoms with van der Waals surface area (Å²) in [6.45, 7) is 0. The van der Waals surface area contributed by atoms with Crippen molar-refractivity contribution in [2.75, 3.05) is 10.6 Å². The molecule has 0 aliphatic heterocycles. The van der Waals surface area contributed by atoms with Gasteiger partial charge in [-0.25, -0.2) is 9.67 Å². The largest absolute Gasteiger partial charge is 0.459 e. The summed E-state index contributed by atoms with van der Waals surface area (Å²) in [7, 11) is 0. The topological polar surface area (TPSA) is 102 Å². The molecule has 1 aromatic carbocycles. The van der Waals surface area contributed by atoms with E-state index >= 15 is 0 Å². The standard InChI is InChI=1S/C19H15N5O3S/c25-17(21-13-4-1-5-15(10-13)24-8-3-7-20-24)11-14-12-28-19(22-14)23-18(26)16-6-2-9-27-16/h1-10,12H,11H2,(H,21,25)(H,22,23,26). The predicted octanol–water partition coefficient (Wildman–Crippen LogP) is 3.36. The van der Waals surface area contributed by atoms with Gasteiger partial charge in [-0.15, -0.1) is 11.3 Å². The second-order valence-corrected chi connectivity index (χ2v) is 6.66. The van der Waals surface area contributed by atoms with Gasteiger partial charge in [0.1, 0.15) is 0 Å². The number of nitrogens with one attached hydrogen (secondary N) is 2. The van der Waals surface area contributed by atoms with Crippen molar-refractivity contribution < 1.29 is 14.0 Å². The van der Waals surface area contributed by atoms with Gasteiger partial charge in [-0.2, -0.15) is 5.10 Å². The molecule has 0 radical (unpaired) electrons. The summed E-state index contributed by atoms with van der Waals surface area (Å²) in [6, 6.07) is 12.4. The Balaban J connectivity index is 1.36. The first kappa shape index (κ1) is 17.7. The molecule has 0 bridgehead atoms. The van der Waals surface area contributed by atoms with Crippen molar-refractivity contribution in [1.82, 2.24) is 14.8 Å². The van der Waals surface area contributed by atoms with E-state index in [-0.39, 0.29) is 24.0 Å². The minimum Gasteiger partial charge on any atom is -0.459 e. The Hall–Kier alpha value is -3.72. The van der Waals surface area contributed by atoms with Gasteiger partial charge in [0.2, 0.25) is 5.91 Å². The summed E-state index contributed by atoms with van der Waals surface area (Å²) in [5, 5.41) is 11.8. The Kier molecular flexibility index (Phi) is 4.98. The van der Waals surface area contributed by atoms with Crippen LogP contribution in [0.3, 0.4) is 0 Å². The second kappa shape index (κ2) is 7.89. The molecule has 0 saturated carbocycles. The van der Waals surface area contributed by atoms with Crippen LogP contribution in [-0.4, -0.2) is 26.6 Å². The quantitative estimate of drug-likeness (QED) is 0.523. The van der Waals surface area contributed by atoms with Gasteiger partial charge in [-0.3, -0.25) is 14.9 Å². The first-order valence-corrected chi connectivity index (χ1v) is 9.24. The predicted molar refractivity (Wildman–Crippen MR) is 105 cm³/mol. The summed E-state index contributed by atoms with van der Waals surface area (Å²) >= 11 is 1.25. The molecule has 2 N–H and O–H groups in total. The highest BCUT2D eigenvalue weighted by molar-refractivity contribution is 7.14. The van der Waals surface area contributed by atoms with E-state index in [2.05, 4.69) is 20.7 Å². The number of nitrogens with zero attached hydrogens (tertiary/aromatic N) is 3. The Labute approximate surface area is 163 Å². The van der Waals surface area contributed by atoms with Gasteiger partial charge in [-0.1, -0.05) is 6.07 Å². The lowest BCUT2D eigenvalue weighted by atomic mass is 10.2. The molecule has 2 amide bonds. The van der Waals surface area contributed by atoms with Crippen LogP contribution in [-0.2, 0) is 11.2 Å². The van der Waals surface area contributed by atoms with E-state index in [1.54, 1.807) is 34.5 Å². The minimum atomic E-state index is -0.384. The maximum Gasteiger partial charge on any atom is 0.293 e. The highest BCUT2D eigenvalue weighted by Crippen LogP contribution is 2.18. The molecule has 0 saturated heterocycles. The number of hydrogen-bond acceptors (Lipinski definition) is 6. The van der Waals surface area contributed by atoms with E-state index < -0.39 is 0 Å². The lowest BCUT2D eigenvalue weighted by molar-refractivity contribution is -0.115. The Morgan fingerprint density at radius 2 is 2.07 bits per heavy atom. The Bertz CT molecular complexity index is 1090. The molecular formula is C19H15N5O3S.